The number of hydrogen-bond acceptors (Lipinski definition) is 6. The van der Waals surface area contributed by atoms with Gasteiger partial charge in [-0.1, -0.05) is 6.07 Å². The Balaban J connectivity index is 1.63. The van der Waals surface area contributed by atoms with Crippen LogP contribution in [0, 0.1) is 12.7 Å². The van der Waals surface area contributed by atoms with E-state index in [0.29, 0.717) is 23.4 Å². The lowest BCUT2D eigenvalue weighted by molar-refractivity contribution is -0.133. The molecule has 7 nitrogen and oxygen atoms in total. The van der Waals surface area contributed by atoms with Crippen molar-refractivity contribution in [3.63, 3.8) is 0 Å². The lowest BCUT2D eigenvalue weighted by Gasteiger charge is -2.43. The molecular formula is C25H24FN5O2. The second kappa shape index (κ2) is 7.37. The number of fused-ring (bicyclic) bond motifs is 2. The van der Waals surface area contributed by atoms with Gasteiger partial charge in [-0.2, -0.15) is 0 Å². The molecule has 0 aliphatic carbocycles. The third-order valence-corrected chi connectivity index (χ3v) is 6.27. The van der Waals surface area contributed by atoms with Crippen LogP contribution in [0.3, 0.4) is 0 Å². The van der Waals surface area contributed by atoms with Gasteiger partial charge in [0.15, 0.2) is 11.5 Å². The highest BCUT2D eigenvalue weighted by atomic mass is 19.1. The van der Waals surface area contributed by atoms with Crippen LogP contribution in [0.4, 0.5) is 4.39 Å². The summed E-state index contributed by atoms with van der Waals surface area (Å²) in [5, 5.41) is 0. The van der Waals surface area contributed by atoms with Crippen LogP contribution in [0.1, 0.15) is 30.2 Å². The minimum absolute atomic E-state index is 0.165. The molecule has 0 saturated carbocycles. The van der Waals surface area contributed by atoms with Gasteiger partial charge in [0.05, 0.1) is 6.20 Å². The Bertz CT molecular complexity index is 1290. The van der Waals surface area contributed by atoms with Gasteiger partial charge in [0, 0.05) is 49.1 Å². The molecule has 8 heteroatoms. The van der Waals surface area contributed by atoms with Crippen LogP contribution in [0.2, 0.25) is 0 Å². The highest BCUT2D eigenvalue weighted by Crippen LogP contribution is 2.50. The molecule has 0 fully saturated rings. The Morgan fingerprint density at radius 2 is 1.97 bits per heavy atom. The smallest absolute Gasteiger partial charge is 0.261 e. The summed E-state index contributed by atoms with van der Waals surface area (Å²) < 4.78 is 19.8. The Labute approximate surface area is 191 Å². The van der Waals surface area contributed by atoms with Crippen LogP contribution >= 0.6 is 0 Å². The molecule has 0 bridgehead atoms. The number of aliphatic imine (C=N–C) groups is 1. The molecule has 168 valence electrons. The SMILES string of the molecule is Cc1cncc(-c2ccc3c(c2)C2(C[C@@](C)(Cc4ccc(F)cn4)O3)N=C(N)N(C)C2=O)c1. The normalized spacial score (nSPS) is 23.9. The number of aromatic nitrogens is 2. The lowest BCUT2D eigenvalue weighted by Crippen LogP contribution is -2.51. The van der Waals surface area contributed by atoms with Crippen molar-refractivity contribution in [1.29, 1.82) is 0 Å². The van der Waals surface area contributed by atoms with E-state index in [9.17, 15) is 9.18 Å². The van der Waals surface area contributed by atoms with Crippen LogP contribution < -0.4 is 10.5 Å². The van der Waals surface area contributed by atoms with Gasteiger partial charge in [0.2, 0.25) is 0 Å². The maximum Gasteiger partial charge on any atom is 0.261 e. The number of carbonyl (C=O) groups is 1. The first-order valence-electron chi connectivity index (χ1n) is 10.7. The molecular weight excluding hydrogens is 421 g/mol. The number of nitrogens with two attached hydrogens (primary N) is 1. The molecule has 1 aromatic carbocycles. The molecule has 4 heterocycles. The molecule has 5 rings (SSSR count). The predicted octanol–water partition coefficient (Wildman–Crippen LogP) is 3.36. The van der Waals surface area contributed by atoms with Gasteiger partial charge >= 0.3 is 0 Å². The summed E-state index contributed by atoms with van der Waals surface area (Å²) in [6.07, 6.45) is 5.41. The summed E-state index contributed by atoms with van der Waals surface area (Å²) in [5.74, 6) is 0.119. The van der Waals surface area contributed by atoms with Crippen LogP contribution in [-0.4, -0.2) is 39.4 Å². The summed E-state index contributed by atoms with van der Waals surface area (Å²) in [6.45, 7) is 3.90. The van der Waals surface area contributed by atoms with Crippen LogP contribution in [0.15, 0.2) is 60.0 Å². The first kappa shape index (κ1) is 21.1. The average molecular weight is 445 g/mol. The van der Waals surface area contributed by atoms with Crippen molar-refractivity contribution in [3.8, 4) is 16.9 Å². The minimum Gasteiger partial charge on any atom is -0.487 e. The number of ether oxygens (including phenoxy) is 1. The van der Waals surface area contributed by atoms with E-state index in [1.54, 1.807) is 25.5 Å². The van der Waals surface area contributed by atoms with Crippen molar-refractivity contribution < 1.29 is 13.9 Å². The quantitative estimate of drug-likeness (QED) is 0.667. The number of carbonyl (C=O) groups excluding carboxylic acids is 1. The summed E-state index contributed by atoms with van der Waals surface area (Å²) in [5.41, 5.74) is 8.30. The number of benzene rings is 1. The zero-order valence-electron chi connectivity index (χ0n) is 18.7. The number of pyridine rings is 2. The van der Waals surface area contributed by atoms with Crippen molar-refractivity contribution in [1.82, 2.24) is 14.9 Å². The van der Waals surface area contributed by atoms with E-state index in [2.05, 4.69) is 15.0 Å². The van der Waals surface area contributed by atoms with Gasteiger partial charge in [-0.25, -0.2) is 9.38 Å². The van der Waals surface area contributed by atoms with Gasteiger partial charge in [-0.15, -0.1) is 0 Å². The van der Waals surface area contributed by atoms with E-state index >= 15 is 0 Å². The van der Waals surface area contributed by atoms with Crippen molar-refractivity contribution >= 4 is 11.9 Å². The van der Waals surface area contributed by atoms with Gasteiger partial charge in [0.1, 0.15) is 17.2 Å². The number of guanidine groups is 1. The lowest BCUT2D eigenvalue weighted by atomic mass is 9.74. The maximum absolute atomic E-state index is 13.5. The second-order valence-electron chi connectivity index (χ2n) is 9.03. The molecule has 2 aliphatic rings. The third-order valence-electron chi connectivity index (χ3n) is 6.27. The Morgan fingerprint density at radius 3 is 2.64 bits per heavy atom. The van der Waals surface area contributed by atoms with Crippen LogP contribution in [-0.2, 0) is 16.8 Å². The van der Waals surface area contributed by atoms with Crippen molar-refractivity contribution in [2.45, 2.75) is 37.8 Å². The Morgan fingerprint density at radius 1 is 1.15 bits per heavy atom. The molecule has 3 aromatic rings. The van der Waals surface area contributed by atoms with E-state index in [-0.39, 0.29) is 18.3 Å². The van der Waals surface area contributed by atoms with E-state index in [1.807, 2.05) is 38.1 Å². The first-order chi connectivity index (χ1) is 15.7. The van der Waals surface area contributed by atoms with Crippen LogP contribution in [0.25, 0.3) is 11.1 Å². The van der Waals surface area contributed by atoms with Gasteiger partial charge in [-0.05, 0) is 55.3 Å². The summed E-state index contributed by atoms with van der Waals surface area (Å²) in [4.78, 5) is 28.1. The third kappa shape index (κ3) is 3.51. The molecule has 2 aliphatic heterocycles. The topological polar surface area (TPSA) is 93.7 Å². The molecule has 1 amide bonds. The second-order valence-corrected chi connectivity index (χ2v) is 9.03. The average Bonchev–Trinajstić information content (AvgIpc) is 2.99. The molecule has 1 spiro atoms. The number of nitrogens with zero attached hydrogens (tertiary/aromatic N) is 4. The molecule has 2 aromatic heterocycles. The maximum atomic E-state index is 13.5. The highest BCUT2D eigenvalue weighted by molar-refractivity contribution is 6.07. The number of amides is 1. The summed E-state index contributed by atoms with van der Waals surface area (Å²) in [6, 6.07) is 10.8. The van der Waals surface area contributed by atoms with Crippen molar-refractivity contribution in [2.75, 3.05) is 7.05 Å². The largest absolute Gasteiger partial charge is 0.487 e. The number of aryl methyl sites for hydroxylation is 1. The Kier molecular flexibility index (Phi) is 4.70. The molecule has 2 N–H and O–H groups in total. The molecule has 2 atom stereocenters. The fourth-order valence-electron chi connectivity index (χ4n) is 4.76. The van der Waals surface area contributed by atoms with Gasteiger partial charge in [-0.3, -0.25) is 19.7 Å². The van der Waals surface area contributed by atoms with Crippen molar-refractivity contribution in [3.05, 3.63) is 77.6 Å². The standard InChI is InChI=1S/C25H24FN5O2/c1-15-8-17(12-28-11-15)16-4-7-21-20(9-16)25(22(32)31(3)23(27)30-25)14-24(2,33-21)10-19-6-5-18(26)13-29-19/h4-9,11-13H,10,14H2,1-3H3,(H2,27,30)/t24-,25?/m1/s1. The van der Waals surface area contributed by atoms with E-state index < -0.39 is 17.0 Å². The van der Waals surface area contributed by atoms with Gasteiger partial charge in [0.25, 0.3) is 5.91 Å². The monoisotopic (exact) mass is 445 g/mol. The number of rotatable bonds is 3. The summed E-state index contributed by atoms with van der Waals surface area (Å²) in [7, 11) is 1.62. The van der Waals surface area contributed by atoms with Gasteiger partial charge < -0.3 is 10.5 Å². The van der Waals surface area contributed by atoms with E-state index in [1.165, 1.54) is 17.2 Å². The number of likely N-dealkylation sites (N-methyl/N-ethyl adjacent to an activating group) is 1. The van der Waals surface area contributed by atoms with E-state index in [4.69, 9.17) is 10.5 Å². The fourth-order valence-corrected chi connectivity index (χ4v) is 4.76. The summed E-state index contributed by atoms with van der Waals surface area (Å²) >= 11 is 0. The number of hydrogen-bond donors (Lipinski definition) is 1. The molecule has 0 saturated heterocycles. The predicted molar refractivity (Wildman–Crippen MR) is 122 cm³/mol. The number of halogens is 1. The van der Waals surface area contributed by atoms with Crippen molar-refractivity contribution in [2.24, 2.45) is 10.7 Å². The van der Waals surface area contributed by atoms with Crippen LogP contribution in [0.5, 0.6) is 5.75 Å². The zero-order chi connectivity index (χ0) is 23.4. The van der Waals surface area contributed by atoms with E-state index in [0.717, 1.165) is 16.7 Å². The Hall–Kier alpha value is -3.81. The molecule has 33 heavy (non-hydrogen) atoms. The zero-order valence-corrected chi connectivity index (χ0v) is 18.7. The first-order valence-corrected chi connectivity index (χ1v) is 10.7. The minimum atomic E-state index is -1.21. The molecule has 1 unspecified atom stereocenters. The fraction of sp³-hybridized carbons (Fsp3) is 0.280. The highest BCUT2D eigenvalue weighted by Gasteiger charge is 2.56. The molecule has 0 radical (unpaired) electrons.